The molecule has 2 unspecified atom stereocenters. The smallest absolute Gasteiger partial charge is 0.228 e. The Balaban J connectivity index is 2.23. The molecule has 0 aliphatic carbocycles. The minimum Gasteiger partial charge on any atom is -0.493 e. The van der Waals surface area contributed by atoms with Crippen molar-refractivity contribution in [2.24, 2.45) is 0 Å². The molecule has 3 N–H and O–H groups in total. The third-order valence-electron chi connectivity index (χ3n) is 4.62. The molecular weight excluding hydrogens is 340 g/mol. The number of methoxy groups -OCH3 is 2. The Labute approximate surface area is 152 Å². The number of anilines is 1. The van der Waals surface area contributed by atoms with Crippen molar-refractivity contribution >= 4 is 23.2 Å². The van der Waals surface area contributed by atoms with Crippen LogP contribution in [0.3, 0.4) is 0 Å². The van der Waals surface area contributed by atoms with E-state index in [0.29, 0.717) is 28.6 Å². The number of carbonyl (C=O) groups excluding carboxylic acids is 1. The standard InChI is InChI=1S/C19H21ClN2O3/c1-4-11-12-8-16(24-2)17(25-3)9-13(12)18(22-19(11)23)14-7-10(21)5-6-15(14)20/h5-9,11,18H,4,21H2,1-3H3,(H,22,23). The topological polar surface area (TPSA) is 73.6 Å². The fraction of sp³-hybridized carbons (Fsp3) is 0.316. The zero-order chi connectivity index (χ0) is 18.1. The van der Waals surface area contributed by atoms with Crippen LogP contribution in [0.4, 0.5) is 5.69 Å². The molecule has 25 heavy (non-hydrogen) atoms. The molecule has 1 heterocycles. The number of benzene rings is 2. The van der Waals surface area contributed by atoms with Gasteiger partial charge in [0, 0.05) is 10.7 Å². The summed E-state index contributed by atoms with van der Waals surface area (Å²) >= 11 is 6.38. The first-order valence-electron chi connectivity index (χ1n) is 8.11. The average Bonchev–Trinajstić information content (AvgIpc) is 2.62. The highest BCUT2D eigenvalue weighted by molar-refractivity contribution is 6.31. The zero-order valence-electron chi connectivity index (χ0n) is 14.4. The predicted molar refractivity (Wildman–Crippen MR) is 98.4 cm³/mol. The summed E-state index contributed by atoms with van der Waals surface area (Å²) in [7, 11) is 3.17. The van der Waals surface area contributed by atoms with Gasteiger partial charge in [0.15, 0.2) is 11.5 Å². The van der Waals surface area contributed by atoms with Gasteiger partial charge in [-0.05, 0) is 53.4 Å². The van der Waals surface area contributed by atoms with Crippen LogP contribution in [0.5, 0.6) is 11.5 Å². The summed E-state index contributed by atoms with van der Waals surface area (Å²) in [5.41, 5.74) is 9.15. The fourth-order valence-corrected chi connectivity index (χ4v) is 3.58. The minimum atomic E-state index is -0.388. The van der Waals surface area contributed by atoms with E-state index in [0.717, 1.165) is 16.7 Å². The molecule has 0 radical (unpaired) electrons. The van der Waals surface area contributed by atoms with Crippen molar-refractivity contribution < 1.29 is 14.3 Å². The number of carbonyl (C=O) groups is 1. The molecule has 6 heteroatoms. The summed E-state index contributed by atoms with van der Waals surface area (Å²) in [6.07, 6.45) is 0.686. The Bertz CT molecular complexity index is 823. The van der Waals surface area contributed by atoms with E-state index < -0.39 is 0 Å². The fourth-order valence-electron chi connectivity index (χ4n) is 3.36. The number of ether oxygens (including phenoxy) is 2. The SMILES string of the molecule is CCC1C(=O)NC(c2cc(N)ccc2Cl)c2cc(OC)c(OC)cc21. The summed E-state index contributed by atoms with van der Waals surface area (Å²) in [6, 6.07) is 8.67. The molecule has 0 aromatic heterocycles. The minimum absolute atomic E-state index is 0.0364. The van der Waals surface area contributed by atoms with Crippen LogP contribution in [0.25, 0.3) is 0 Å². The van der Waals surface area contributed by atoms with Gasteiger partial charge in [-0.2, -0.15) is 0 Å². The number of rotatable bonds is 4. The van der Waals surface area contributed by atoms with Crippen LogP contribution >= 0.6 is 11.6 Å². The number of hydrogen-bond acceptors (Lipinski definition) is 4. The summed E-state index contributed by atoms with van der Waals surface area (Å²) < 4.78 is 10.9. The lowest BCUT2D eigenvalue weighted by atomic mass is 9.82. The Morgan fingerprint density at radius 2 is 1.72 bits per heavy atom. The van der Waals surface area contributed by atoms with Gasteiger partial charge in [-0.15, -0.1) is 0 Å². The molecule has 1 amide bonds. The molecule has 1 aliphatic rings. The van der Waals surface area contributed by atoms with Gasteiger partial charge in [0.2, 0.25) is 5.91 Å². The van der Waals surface area contributed by atoms with Crippen LogP contribution in [0.1, 0.15) is 42.0 Å². The van der Waals surface area contributed by atoms with E-state index in [-0.39, 0.29) is 17.9 Å². The first-order chi connectivity index (χ1) is 12.0. The van der Waals surface area contributed by atoms with Gasteiger partial charge in [-0.25, -0.2) is 0 Å². The number of hydrogen-bond donors (Lipinski definition) is 2. The third kappa shape index (κ3) is 3.00. The van der Waals surface area contributed by atoms with E-state index in [2.05, 4.69) is 5.32 Å². The van der Waals surface area contributed by atoms with Crippen molar-refractivity contribution in [3.63, 3.8) is 0 Å². The first-order valence-corrected chi connectivity index (χ1v) is 8.49. The zero-order valence-corrected chi connectivity index (χ0v) is 15.2. The summed E-state index contributed by atoms with van der Waals surface area (Å²) in [5.74, 6) is 0.931. The van der Waals surface area contributed by atoms with Gasteiger partial charge in [0.05, 0.1) is 26.2 Å². The molecule has 0 bridgehead atoms. The monoisotopic (exact) mass is 360 g/mol. The largest absolute Gasteiger partial charge is 0.493 e. The van der Waals surface area contributed by atoms with Crippen LogP contribution in [0.15, 0.2) is 30.3 Å². The highest BCUT2D eigenvalue weighted by atomic mass is 35.5. The molecule has 0 saturated heterocycles. The molecule has 5 nitrogen and oxygen atoms in total. The Hall–Kier alpha value is -2.40. The predicted octanol–water partition coefficient (Wildman–Crippen LogP) is 3.65. The van der Waals surface area contributed by atoms with Crippen LogP contribution < -0.4 is 20.5 Å². The van der Waals surface area contributed by atoms with Gasteiger partial charge in [0.25, 0.3) is 0 Å². The molecule has 3 rings (SSSR count). The molecular formula is C19H21ClN2O3. The highest BCUT2D eigenvalue weighted by Gasteiger charge is 2.35. The molecule has 132 valence electrons. The van der Waals surface area contributed by atoms with E-state index in [1.807, 2.05) is 19.1 Å². The van der Waals surface area contributed by atoms with Gasteiger partial charge >= 0.3 is 0 Å². The second-order valence-electron chi connectivity index (χ2n) is 6.02. The maximum atomic E-state index is 12.7. The number of fused-ring (bicyclic) bond motifs is 1. The Morgan fingerprint density at radius 1 is 1.08 bits per heavy atom. The van der Waals surface area contributed by atoms with E-state index in [4.69, 9.17) is 26.8 Å². The van der Waals surface area contributed by atoms with Crippen molar-refractivity contribution in [3.8, 4) is 11.5 Å². The first kappa shape index (κ1) is 17.4. The highest BCUT2D eigenvalue weighted by Crippen LogP contribution is 2.43. The summed E-state index contributed by atoms with van der Waals surface area (Å²) in [5, 5.41) is 3.62. The number of amides is 1. The van der Waals surface area contributed by atoms with Crippen molar-refractivity contribution in [2.45, 2.75) is 25.3 Å². The van der Waals surface area contributed by atoms with Crippen LogP contribution in [-0.2, 0) is 4.79 Å². The lowest BCUT2D eigenvalue weighted by Crippen LogP contribution is -2.39. The van der Waals surface area contributed by atoms with Gasteiger partial charge in [0.1, 0.15) is 0 Å². The molecule has 2 aromatic rings. The van der Waals surface area contributed by atoms with E-state index in [1.54, 1.807) is 32.4 Å². The van der Waals surface area contributed by atoms with Gasteiger partial charge in [-0.1, -0.05) is 18.5 Å². The van der Waals surface area contributed by atoms with E-state index in [9.17, 15) is 4.79 Å². The maximum absolute atomic E-state index is 12.7. The van der Waals surface area contributed by atoms with Gasteiger partial charge < -0.3 is 20.5 Å². The maximum Gasteiger partial charge on any atom is 0.228 e. The normalized spacial score (nSPS) is 19.1. The average molecular weight is 361 g/mol. The molecule has 1 aliphatic heterocycles. The van der Waals surface area contributed by atoms with E-state index in [1.165, 1.54) is 0 Å². The van der Waals surface area contributed by atoms with Crippen molar-refractivity contribution in [1.82, 2.24) is 5.32 Å². The molecule has 0 saturated carbocycles. The van der Waals surface area contributed by atoms with Crippen LogP contribution in [0.2, 0.25) is 5.02 Å². The molecule has 2 aromatic carbocycles. The lowest BCUT2D eigenvalue weighted by molar-refractivity contribution is -0.123. The van der Waals surface area contributed by atoms with Crippen molar-refractivity contribution in [3.05, 3.63) is 52.0 Å². The van der Waals surface area contributed by atoms with E-state index >= 15 is 0 Å². The van der Waals surface area contributed by atoms with Crippen LogP contribution in [0, 0.1) is 0 Å². The summed E-state index contributed by atoms with van der Waals surface area (Å²) in [6.45, 7) is 1.98. The molecule has 0 spiro atoms. The number of nitrogens with two attached hydrogens (primary N) is 1. The molecule has 0 fully saturated rings. The number of nitrogen functional groups attached to an aromatic ring is 1. The van der Waals surface area contributed by atoms with Crippen molar-refractivity contribution in [1.29, 1.82) is 0 Å². The number of halogens is 1. The second kappa shape index (κ2) is 6.84. The third-order valence-corrected chi connectivity index (χ3v) is 4.96. The summed E-state index contributed by atoms with van der Waals surface area (Å²) in [4.78, 5) is 12.7. The Morgan fingerprint density at radius 3 is 2.32 bits per heavy atom. The second-order valence-corrected chi connectivity index (χ2v) is 6.43. The van der Waals surface area contributed by atoms with Crippen molar-refractivity contribution in [2.75, 3.05) is 20.0 Å². The molecule has 2 atom stereocenters. The lowest BCUT2D eigenvalue weighted by Gasteiger charge is -2.33. The van der Waals surface area contributed by atoms with Gasteiger partial charge in [-0.3, -0.25) is 4.79 Å². The Kier molecular flexibility index (Phi) is 4.77. The number of nitrogens with one attached hydrogen (secondary N) is 1. The van der Waals surface area contributed by atoms with Crippen LogP contribution in [-0.4, -0.2) is 20.1 Å². The quantitative estimate of drug-likeness (QED) is 0.816.